The Morgan fingerprint density at radius 2 is 1.19 bits per heavy atom. The number of hydrogen-bond donors (Lipinski definition) is 2. The van der Waals surface area contributed by atoms with Crippen LogP contribution in [0.15, 0.2) is 60.7 Å². The van der Waals surface area contributed by atoms with Crippen LogP contribution in [0.2, 0.25) is 0 Å². The average Bonchev–Trinajstić information content (AvgIpc) is 2.71. The highest BCUT2D eigenvalue weighted by Gasteiger charge is 2.52. The molecule has 1 N–H and O–H groups in total. The van der Waals surface area contributed by atoms with Gasteiger partial charge in [-0.1, -0.05) is 79.9 Å². The molecule has 142 valence electrons. The van der Waals surface area contributed by atoms with Crippen LogP contribution in [0, 0.1) is 5.41 Å². The number of carbonyl (C=O) groups excluding carboxylic acids is 2. The Morgan fingerprint density at radius 3 is 1.59 bits per heavy atom. The van der Waals surface area contributed by atoms with E-state index in [9.17, 15) is 19.5 Å². The van der Waals surface area contributed by atoms with Gasteiger partial charge in [-0.25, -0.2) is 0 Å². The van der Waals surface area contributed by atoms with Crippen LogP contribution in [-0.4, -0.2) is 28.4 Å². The molecule has 5 heteroatoms. The lowest BCUT2D eigenvalue weighted by molar-refractivity contribution is -0.143. The van der Waals surface area contributed by atoms with Crippen LogP contribution in [-0.2, 0) is 4.79 Å². The molecule has 0 heterocycles. The summed E-state index contributed by atoms with van der Waals surface area (Å²) < 4.78 is 0. The summed E-state index contributed by atoms with van der Waals surface area (Å²) in [6.07, 6.45) is 3.02. The Hall–Kier alpha value is -2.40. The molecule has 0 aliphatic heterocycles. The molecule has 0 unspecified atom stereocenters. The van der Waals surface area contributed by atoms with Gasteiger partial charge in [0.2, 0.25) is 0 Å². The predicted molar refractivity (Wildman–Crippen MR) is 109 cm³/mol. The molecule has 0 aliphatic carbocycles. The zero-order valence-electron chi connectivity index (χ0n) is 15.1. The summed E-state index contributed by atoms with van der Waals surface area (Å²) in [4.78, 5) is 38.8. The molecular weight excluding hydrogens is 360 g/mol. The van der Waals surface area contributed by atoms with Crippen LogP contribution in [0.4, 0.5) is 0 Å². The van der Waals surface area contributed by atoms with Gasteiger partial charge in [-0.3, -0.25) is 14.4 Å². The second-order valence-electron chi connectivity index (χ2n) is 6.49. The summed E-state index contributed by atoms with van der Waals surface area (Å²) in [5.41, 5.74) is -1.64. The third kappa shape index (κ3) is 4.86. The van der Waals surface area contributed by atoms with Gasteiger partial charge >= 0.3 is 5.97 Å². The Balaban J connectivity index is 2.42. The van der Waals surface area contributed by atoms with Crippen molar-refractivity contribution in [2.45, 2.75) is 32.1 Å². The molecule has 0 amide bonds. The standard InChI is InChI=1S/C22H24O4S/c23-19(17-11-5-3-6-12-17)22(21(25)26,15-9-1-2-10-16-27)20(24)18-13-7-4-8-14-18/h3-8,11-14,27H,1-2,9-10,15-16H2,(H,25,26). The molecule has 2 rings (SSSR count). The summed E-state index contributed by atoms with van der Waals surface area (Å²) in [6.45, 7) is 0. The maximum atomic E-state index is 13.2. The fourth-order valence-electron chi connectivity index (χ4n) is 3.16. The topological polar surface area (TPSA) is 71.4 Å². The van der Waals surface area contributed by atoms with Crippen LogP contribution >= 0.6 is 12.6 Å². The first kappa shape index (κ1) is 20.9. The van der Waals surface area contributed by atoms with Crippen LogP contribution in [0.3, 0.4) is 0 Å². The third-order valence-corrected chi connectivity index (χ3v) is 4.99. The van der Waals surface area contributed by atoms with Gasteiger partial charge in [-0.15, -0.1) is 0 Å². The minimum absolute atomic E-state index is 0.0175. The minimum atomic E-state index is -2.11. The normalized spacial score (nSPS) is 11.1. The van der Waals surface area contributed by atoms with E-state index in [1.807, 2.05) is 0 Å². The minimum Gasteiger partial charge on any atom is -0.480 e. The zero-order chi connectivity index (χ0) is 19.7. The molecule has 2 aromatic rings. The van der Waals surface area contributed by atoms with Crippen LogP contribution in [0.1, 0.15) is 52.8 Å². The van der Waals surface area contributed by atoms with E-state index in [1.54, 1.807) is 60.7 Å². The highest BCUT2D eigenvalue weighted by Crippen LogP contribution is 2.34. The van der Waals surface area contributed by atoms with Crippen molar-refractivity contribution in [2.24, 2.45) is 5.41 Å². The molecule has 0 saturated heterocycles. The lowest BCUT2D eigenvalue weighted by Crippen LogP contribution is -2.46. The van der Waals surface area contributed by atoms with E-state index < -0.39 is 23.0 Å². The number of rotatable bonds is 11. The molecule has 0 saturated carbocycles. The molecule has 0 aromatic heterocycles. The SMILES string of the molecule is O=C(O)C(CCCCCCS)(C(=O)c1ccccc1)C(=O)c1ccccc1. The lowest BCUT2D eigenvalue weighted by Gasteiger charge is -2.27. The van der Waals surface area contributed by atoms with Gasteiger partial charge in [0, 0.05) is 11.1 Å². The number of hydrogen-bond acceptors (Lipinski definition) is 4. The summed E-state index contributed by atoms with van der Waals surface area (Å²) in [7, 11) is 0. The maximum Gasteiger partial charge on any atom is 0.325 e. The molecule has 2 aromatic carbocycles. The summed E-state index contributed by atoms with van der Waals surface area (Å²) >= 11 is 4.17. The summed E-state index contributed by atoms with van der Waals surface area (Å²) in [5, 5.41) is 10.0. The third-order valence-electron chi connectivity index (χ3n) is 4.67. The molecule has 0 fully saturated rings. The number of carboxylic acid groups (broad SMARTS) is 1. The highest BCUT2D eigenvalue weighted by atomic mass is 32.1. The van der Waals surface area contributed by atoms with E-state index in [1.165, 1.54) is 0 Å². The van der Waals surface area contributed by atoms with Crippen molar-refractivity contribution in [3.63, 3.8) is 0 Å². The number of thiol groups is 1. The van der Waals surface area contributed by atoms with Crippen molar-refractivity contribution in [3.8, 4) is 0 Å². The number of ketones is 2. The summed E-state index contributed by atoms with van der Waals surface area (Å²) in [5.74, 6) is -1.94. The van der Waals surface area contributed by atoms with Gasteiger partial charge in [0.25, 0.3) is 0 Å². The molecule has 0 aliphatic rings. The zero-order valence-corrected chi connectivity index (χ0v) is 16.0. The van der Waals surface area contributed by atoms with E-state index >= 15 is 0 Å². The fourth-order valence-corrected chi connectivity index (χ4v) is 3.38. The van der Waals surface area contributed by atoms with Crippen molar-refractivity contribution in [1.29, 1.82) is 0 Å². The smallest absolute Gasteiger partial charge is 0.325 e. The van der Waals surface area contributed by atoms with E-state index in [4.69, 9.17) is 0 Å². The van der Waals surface area contributed by atoms with E-state index in [0.717, 1.165) is 25.0 Å². The van der Waals surface area contributed by atoms with Crippen molar-refractivity contribution >= 4 is 30.2 Å². The van der Waals surface area contributed by atoms with Crippen LogP contribution in [0.5, 0.6) is 0 Å². The van der Waals surface area contributed by atoms with Crippen molar-refractivity contribution < 1.29 is 19.5 Å². The summed E-state index contributed by atoms with van der Waals surface area (Å²) in [6, 6.07) is 16.4. The van der Waals surface area contributed by atoms with Gasteiger partial charge < -0.3 is 5.11 Å². The molecule has 0 bridgehead atoms. The Kier molecular flexibility index (Phi) is 7.80. The van der Waals surface area contributed by atoms with Gasteiger partial charge in [0.05, 0.1) is 0 Å². The van der Waals surface area contributed by atoms with Crippen LogP contribution < -0.4 is 0 Å². The molecular formula is C22H24O4S. The van der Waals surface area contributed by atoms with E-state index in [0.29, 0.717) is 6.42 Å². The Bertz CT molecular complexity index is 720. The second-order valence-corrected chi connectivity index (χ2v) is 6.94. The van der Waals surface area contributed by atoms with Gasteiger partial charge in [0.1, 0.15) is 0 Å². The van der Waals surface area contributed by atoms with Gasteiger partial charge in [0.15, 0.2) is 17.0 Å². The number of carbonyl (C=O) groups is 3. The molecule has 27 heavy (non-hydrogen) atoms. The number of carboxylic acids is 1. The van der Waals surface area contributed by atoms with Crippen molar-refractivity contribution in [1.82, 2.24) is 0 Å². The Morgan fingerprint density at radius 1 is 0.741 bits per heavy atom. The number of unbranched alkanes of at least 4 members (excludes halogenated alkanes) is 3. The first-order valence-corrected chi connectivity index (χ1v) is 9.71. The number of Topliss-reactive ketones (excluding diaryl/α,β-unsaturated/α-hetero) is 2. The quantitative estimate of drug-likeness (QED) is 0.255. The van der Waals surface area contributed by atoms with Gasteiger partial charge in [-0.2, -0.15) is 12.6 Å². The van der Waals surface area contributed by atoms with Crippen LogP contribution in [0.25, 0.3) is 0 Å². The fraction of sp³-hybridized carbons (Fsp3) is 0.318. The highest BCUT2D eigenvalue weighted by molar-refractivity contribution is 7.80. The van der Waals surface area contributed by atoms with E-state index in [-0.39, 0.29) is 17.5 Å². The maximum absolute atomic E-state index is 13.2. The van der Waals surface area contributed by atoms with E-state index in [2.05, 4.69) is 12.6 Å². The van der Waals surface area contributed by atoms with Gasteiger partial charge in [-0.05, 0) is 18.6 Å². The first-order valence-electron chi connectivity index (χ1n) is 9.08. The molecule has 4 nitrogen and oxygen atoms in total. The van der Waals surface area contributed by atoms with Crippen molar-refractivity contribution in [2.75, 3.05) is 5.75 Å². The molecule has 0 radical (unpaired) electrons. The molecule has 0 atom stereocenters. The number of aliphatic carboxylic acids is 1. The Labute approximate surface area is 165 Å². The number of benzene rings is 2. The monoisotopic (exact) mass is 384 g/mol. The predicted octanol–water partition coefficient (Wildman–Crippen LogP) is 4.70. The molecule has 0 spiro atoms. The average molecular weight is 384 g/mol. The lowest BCUT2D eigenvalue weighted by atomic mass is 9.71. The largest absolute Gasteiger partial charge is 0.480 e. The second kappa shape index (κ2) is 10.1. The van der Waals surface area contributed by atoms with Crippen molar-refractivity contribution in [3.05, 3.63) is 71.8 Å². The first-order chi connectivity index (χ1) is 13.0.